The molecule has 0 amide bonds. The van der Waals surface area contributed by atoms with Crippen molar-refractivity contribution in [2.24, 2.45) is 5.92 Å². The van der Waals surface area contributed by atoms with E-state index in [4.69, 9.17) is 0 Å². The first kappa shape index (κ1) is 17.8. The van der Waals surface area contributed by atoms with E-state index in [1.54, 1.807) is 38.2 Å². The maximum Gasteiger partial charge on any atom is 0.327 e. The molecule has 0 radical (unpaired) electrons. The fourth-order valence-electron chi connectivity index (χ4n) is 3.41. The largest absolute Gasteiger partial charge is 0.480 e. The predicted molar refractivity (Wildman–Crippen MR) is 102 cm³/mol. The normalized spacial score (nSPS) is 12.7. The predicted octanol–water partition coefficient (Wildman–Crippen LogP) is 3.13. The van der Waals surface area contributed by atoms with Crippen LogP contribution in [-0.4, -0.2) is 30.2 Å². The Morgan fingerprint density at radius 3 is 2.50 bits per heavy atom. The second kappa shape index (κ2) is 6.56. The molecule has 3 heterocycles. The topological polar surface area (TPSA) is 89.5 Å². The molecule has 4 aromatic rings. The molecule has 28 heavy (non-hydrogen) atoms. The second-order valence-corrected chi connectivity index (χ2v) is 6.91. The van der Waals surface area contributed by atoms with E-state index in [9.17, 15) is 19.1 Å². The molecule has 0 spiro atoms. The molecule has 0 unspecified atom stereocenters. The van der Waals surface area contributed by atoms with Crippen LogP contribution >= 0.6 is 0 Å². The van der Waals surface area contributed by atoms with Crippen molar-refractivity contribution in [1.82, 2.24) is 19.2 Å². The average Bonchev–Trinajstić information content (AvgIpc) is 3.08. The third kappa shape index (κ3) is 2.74. The molecule has 4 rings (SSSR count). The van der Waals surface area contributed by atoms with Gasteiger partial charge in [-0.3, -0.25) is 4.79 Å². The highest BCUT2D eigenvalue weighted by Gasteiger charge is 2.25. The smallest absolute Gasteiger partial charge is 0.327 e. The van der Waals surface area contributed by atoms with Gasteiger partial charge in [0.2, 0.25) is 0 Å². The van der Waals surface area contributed by atoms with Gasteiger partial charge in [0, 0.05) is 18.0 Å². The van der Waals surface area contributed by atoms with Crippen LogP contribution in [0.5, 0.6) is 0 Å². The molecule has 1 atom stereocenters. The quantitative estimate of drug-likeness (QED) is 0.587. The molecule has 0 aliphatic heterocycles. The molecule has 0 aliphatic rings. The number of fused-ring (bicyclic) bond motifs is 3. The van der Waals surface area contributed by atoms with E-state index in [-0.39, 0.29) is 17.1 Å². The number of hydrogen-bond donors (Lipinski definition) is 1. The van der Waals surface area contributed by atoms with Crippen LogP contribution in [0, 0.1) is 11.7 Å². The summed E-state index contributed by atoms with van der Waals surface area (Å²) in [7, 11) is 0. The number of rotatable bonds is 4. The van der Waals surface area contributed by atoms with Crippen LogP contribution in [0.4, 0.5) is 4.39 Å². The summed E-state index contributed by atoms with van der Waals surface area (Å²) in [5.74, 6) is -1.67. The summed E-state index contributed by atoms with van der Waals surface area (Å²) in [6.07, 6.45) is 4.51. The Kier molecular flexibility index (Phi) is 4.18. The molecule has 3 aromatic heterocycles. The summed E-state index contributed by atoms with van der Waals surface area (Å²) in [5.41, 5.74) is 2.06. The molecule has 0 aliphatic carbocycles. The Labute approximate surface area is 158 Å². The van der Waals surface area contributed by atoms with Gasteiger partial charge in [-0.2, -0.15) is 5.10 Å². The zero-order valence-corrected chi connectivity index (χ0v) is 15.2. The van der Waals surface area contributed by atoms with Crippen molar-refractivity contribution < 1.29 is 14.3 Å². The van der Waals surface area contributed by atoms with Gasteiger partial charge in [-0.1, -0.05) is 26.0 Å². The second-order valence-electron chi connectivity index (χ2n) is 6.91. The van der Waals surface area contributed by atoms with Crippen LogP contribution in [0.3, 0.4) is 0 Å². The molecular formula is C20H17FN4O3. The lowest BCUT2D eigenvalue weighted by Gasteiger charge is -2.19. The monoisotopic (exact) mass is 380 g/mol. The van der Waals surface area contributed by atoms with Gasteiger partial charge in [-0.25, -0.2) is 18.7 Å². The number of nitrogens with zero attached hydrogens (tertiary/aromatic N) is 4. The summed E-state index contributed by atoms with van der Waals surface area (Å²) < 4.78 is 15.9. The van der Waals surface area contributed by atoms with Crippen LogP contribution in [0.15, 0.2) is 53.7 Å². The van der Waals surface area contributed by atoms with Crippen molar-refractivity contribution in [3.8, 4) is 11.1 Å². The Balaban J connectivity index is 1.93. The van der Waals surface area contributed by atoms with Gasteiger partial charge >= 0.3 is 5.97 Å². The molecule has 0 fully saturated rings. The summed E-state index contributed by atoms with van der Waals surface area (Å²) in [5, 5.41) is 14.1. The Morgan fingerprint density at radius 2 is 1.86 bits per heavy atom. The third-order valence-electron chi connectivity index (χ3n) is 4.76. The molecule has 8 heteroatoms. The SMILES string of the molecule is CC(C)[C@H](C(=O)O)n1ccc2c(cnc3c(-c4ccc(F)cc4)cnn32)c1=O. The van der Waals surface area contributed by atoms with E-state index in [0.29, 0.717) is 16.7 Å². The Hall–Kier alpha value is -3.55. The molecule has 1 aromatic carbocycles. The lowest BCUT2D eigenvalue weighted by molar-refractivity contribution is -0.142. The van der Waals surface area contributed by atoms with Gasteiger partial charge < -0.3 is 9.67 Å². The van der Waals surface area contributed by atoms with Gasteiger partial charge in [0.15, 0.2) is 5.65 Å². The molecular weight excluding hydrogens is 363 g/mol. The number of aliphatic carboxylic acids is 1. The van der Waals surface area contributed by atoms with Crippen molar-refractivity contribution in [2.75, 3.05) is 0 Å². The lowest BCUT2D eigenvalue weighted by Crippen LogP contribution is -2.33. The van der Waals surface area contributed by atoms with E-state index in [1.807, 2.05) is 0 Å². The average molecular weight is 380 g/mol. The molecule has 0 saturated carbocycles. The highest BCUT2D eigenvalue weighted by atomic mass is 19.1. The molecule has 142 valence electrons. The van der Waals surface area contributed by atoms with E-state index in [0.717, 1.165) is 5.56 Å². The lowest BCUT2D eigenvalue weighted by atomic mass is 10.0. The maximum absolute atomic E-state index is 13.2. The van der Waals surface area contributed by atoms with E-state index in [2.05, 4.69) is 10.1 Å². The van der Waals surface area contributed by atoms with Crippen molar-refractivity contribution in [3.63, 3.8) is 0 Å². The minimum Gasteiger partial charge on any atom is -0.480 e. The first-order valence-electron chi connectivity index (χ1n) is 8.75. The third-order valence-corrected chi connectivity index (χ3v) is 4.76. The van der Waals surface area contributed by atoms with Crippen LogP contribution < -0.4 is 5.56 Å². The van der Waals surface area contributed by atoms with Gasteiger partial charge in [0.25, 0.3) is 5.56 Å². The number of carbonyl (C=O) groups is 1. The highest BCUT2D eigenvalue weighted by molar-refractivity contribution is 5.85. The van der Waals surface area contributed by atoms with Crippen molar-refractivity contribution in [3.05, 3.63) is 65.1 Å². The molecule has 7 nitrogen and oxygen atoms in total. The number of carboxylic acids is 1. The Bertz CT molecular complexity index is 1260. The maximum atomic E-state index is 13.2. The van der Waals surface area contributed by atoms with Gasteiger partial charge in [-0.05, 0) is 29.7 Å². The standard InChI is InChI=1S/C20H17FN4O3/c1-11(2)17(20(27)28)24-8-7-16-15(19(24)26)9-22-18-14(10-23-25(16)18)12-3-5-13(21)6-4-12/h3-11,17H,1-2H3,(H,27,28)/t17-/m1/s1. The molecule has 0 saturated heterocycles. The van der Waals surface area contributed by atoms with Crippen molar-refractivity contribution in [2.45, 2.75) is 19.9 Å². The highest BCUT2D eigenvalue weighted by Crippen LogP contribution is 2.25. The Morgan fingerprint density at radius 1 is 1.14 bits per heavy atom. The first-order valence-corrected chi connectivity index (χ1v) is 8.75. The van der Waals surface area contributed by atoms with Crippen LogP contribution in [0.2, 0.25) is 0 Å². The molecule has 1 N–H and O–H groups in total. The van der Waals surface area contributed by atoms with E-state index >= 15 is 0 Å². The van der Waals surface area contributed by atoms with Crippen molar-refractivity contribution >= 4 is 22.5 Å². The zero-order valence-electron chi connectivity index (χ0n) is 15.2. The summed E-state index contributed by atoms with van der Waals surface area (Å²) >= 11 is 0. The fourth-order valence-corrected chi connectivity index (χ4v) is 3.41. The van der Waals surface area contributed by atoms with E-state index in [1.165, 1.54) is 33.6 Å². The van der Waals surface area contributed by atoms with Gasteiger partial charge in [0.05, 0.1) is 17.1 Å². The number of pyridine rings is 1. The van der Waals surface area contributed by atoms with Crippen molar-refractivity contribution in [1.29, 1.82) is 0 Å². The number of aromatic nitrogens is 4. The summed E-state index contributed by atoms with van der Waals surface area (Å²) in [4.78, 5) is 28.9. The van der Waals surface area contributed by atoms with Crippen LogP contribution in [-0.2, 0) is 4.79 Å². The number of carboxylic acid groups (broad SMARTS) is 1. The first-order chi connectivity index (χ1) is 13.4. The number of halogens is 1. The minimum atomic E-state index is -1.07. The van der Waals surface area contributed by atoms with Crippen LogP contribution in [0.1, 0.15) is 19.9 Å². The minimum absolute atomic E-state index is 0.265. The summed E-state index contributed by atoms with van der Waals surface area (Å²) in [6, 6.07) is 6.67. The van der Waals surface area contributed by atoms with E-state index < -0.39 is 17.6 Å². The summed E-state index contributed by atoms with van der Waals surface area (Å²) in [6.45, 7) is 3.50. The van der Waals surface area contributed by atoms with Gasteiger partial charge in [-0.15, -0.1) is 0 Å². The van der Waals surface area contributed by atoms with Crippen LogP contribution in [0.25, 0.3) is 27.7 Å². The zero-order chi connectivity index (χ0) is 20.0. The molecule has 0 bridgehead atoms. The number of hydrogen-bond acceptors (Lipinski definition) is 4. The van der Waals surface area contributed by atoms with Gasteiger partial charge in [0.1, 0.15) is 11.9 Å². The fraction of sp³-hybridized carbons (Fsp3) is 0.200. The number of benzene rings is 1.